The molecule has 3 aromatic rings. The van der Waals surface area contributed by atoms with E-state index in [0.717, 1.165) is 39.1 Å². The van der Waals surface area contributed by atoms with Crippen LogP contribution >= 0.6 is 11.8 Å². The molecule has 4 N–H and O–H groups in total. The zero-order chi connectivity index (χ0) is 29.7. The number of amides is 1. The van der Waals surface area contributed by atoms with E-state index in [-0.39, 0.29) is 37.7 Å². The lowest BCUT2D eigenvalue weighted by molar-refractivity contribution is -0.245. The molecule has 8 nitrogen and oxygen atoms in total. The third-order valence-corrected chi connectivity index (χ3v) is 8.21. The second kappa shape index (κ2) is 16.4. The Bertz CT molecular complexity index is 1280. The number of aliphatic hydroxyl groups is 2. The number of benzene rings is 3. The molecule has 1 heterocycles. The Morgan fingerprint density at radius 3 is 2.31 bits per heavy atom. The first-order valence-electron chi connectivity index (χ1n) is 14.3. The molecule has 0 aromatic heterocycles. The molecule has 9 heteroatoms. The lowest BCUT2D eigenvalue weighted by Gasteiger charge is -2.36. The summed E-state index contributed by atoms with van der Waals surface area (Å²) in [6.07, 6.45) is 1.42. The van der Waals surface area contributed by atoms with Gasteiger partial charge in [-0.15, -0.1) is 0 Å². The van der Waals surface area contributed by atoms with Crippen LogP contribution in [0.4, 0.5) is 0 Å². The van der Waals surface area contributed by atoms with E-state index < -0.39 is 12.3 Å². The summed E-state index contributed by atoms with van der Waals surface area (Å²) in [6.45, 7) is 0.537. The number of carboxylic acid groups (broad SMARTS) is 1. The molecule has 1 aliphatic heterocycles. The fourth-order valence-electron chi connectivity index (χ4n) is 4.85. The van der Waals surface area contributed by atoms with Crippen LogP contribution in [0.2, 0.25) is 0 Å². The molecule has 42 heavy (non-hydrogen) atoms. The van der Waals surface area contributed by atoms with E-state index >= 15 is 0 Å². The van der Waals surface area contributed by atoms with Crippen LogP contribution in [0.15, 0.2) is 72.8 Å². The van der Waals surface area contributed by atoms with Crippen LogP contribution in [0, 0.1) is 0 Å². The Kier molecular flexibility index (Phi) is 12.4. The molecule has 1 saturated heterocycles. The topological polar surface area (TPSA) is 125 Å². The molecule has 0 saturated carbocycles. The van der Waals surface area contributed by atoms with Crippen molar-refractivity contribution >= 4 is 23.6 Å². The van der Waals surface area contributed by atoms with Gasteiger partial charge in [-0.05, 0) is 46.7 Å². The van der Waals surface area contributed by atoms with Gasteiger partial charge in [0.15, 0.2) is 6.29 Å². The maximum absolute atomic E-state index is 12.1. The summed E-state index contributed by atoms with van der Waals surface area (Å²) in [6, 6.07) is 23.9. The number of carbonyl (C=O) groups is 2. The standard InChI is InChI=1S/C33H39NO7S/c35-16-17-42-22-29-19-30(26-10-8-23(21-36)9-11-26)41-33(40-29)27-14-12-25(13-15-27)28-5-3-4-24(18-28)20-34-31(37)6-1-2-7-32(38)39/h3-5,8-15,18,29-30,33,35-36H,1-2,6-7,16-17,19-22H2,(H,34,37)(H,38,39). The SMILES string of the molecule is O=C(O)CCCCC(=O)NCc1cccc(-c2ccc(C3OC(CSCCO)CC(c4ccc(CO)cc4)O3)cc2)c1. The van der Waals surface area contributed by atoms with Gasteiger partial charge >= 0.3 is 5.97 Å². The number of hydrogen-bond donors (Lipinski definition) is 4. The van der Waals surface area contributed by atoms with Gasteiger partial charge in [-0.25, -0.2) is 0 Å². The quantitative estimate of drug-likeness (QED) is 0.173. The predicted octanol–water partition coefficient (Wildman–Crippen LogP) is 5.38. The molecule has 0 aliphatic carbocycles. The van der Waals surface area contributed by atoms with Crippen molar-refractivity contribution in [1.29, 1.82) is 0 Å². The average molecular weight is 594 g/mol. The lowest BCUT2D eigenvalue weighted by atomic mass is 9.99. The van der Waals surface area contributed by atoms with E-state index in [2.05, 4.69) is 5.32 Å². The molecule has 1 aliphatic rings. The molecular formula is C33H39NO7S. The highest BCUT2D eigenvalue weighted by Gasteiger charge is 2.32. The highest BCUT2D eigenvalue weighted by atomic mass is 32.2. The number of carbonyl (C=O) groups excluding carboxylic acids is 1. The summed E-state index contributed by atoms with van der Waals surface area (Å²) >= 11 is 1.66. The van der Waals surface area contributed by atoms with E-state index in [1.165, 1.54) is 0 Å². The largest absolute Gasteiger partial charge is 0.481 e. The summed E-state index contributed by atoms with van der Waals surface area (Å²) in [7, 11) is 0. The van der Waals surface area contributed by atoms with E-state index in [0.29, 0.717) is 38.0 Å². The van der Waals surface area contributed by atoms with Crippen molar-refractivity contribution in [2.45, 2.75) is 63.8 Å². The van der Waals surface area contributed by atoms with Crippen molar-refractivity contribution in [1.82, 2.24) is 5.32 Å². The highest BCUT2D eigenvalue weighted by Crippen LogP contribution is 2.39. The van der Waals surface area contributed by atoms with Gasteiger partial charge in [0, 0.05) is 42.9 Å². The van der Waals surface area contributed by atoms with Gasteiger partial charge in [-0.1, -0.05) is 66.7 Å². The van der Waals surface area contributed by atoms with Crippen LogP contribution in [0.1, 0.15) is 66.8 Å². The van der Waals surface area contributed by atoms with Crippen molar-refractivity contribution < 1.29 is 34.4 Å². The van der Waals surface area contributed by atoms with E-state index in [1.54, 1.807) is 11.8 Å². The maximum Gasteiger partial charge on any atom is 0.303 e. The van der Waals surface area contributed by atoms with Gasteiger partial charge < -0.3 is 30.1 Å². The Labute approximate surface area is 251 Å². The summed E-state index contributed by atoms with van der Waals surface area (Å²) in [4.78, 5) is 22.8. The summed E-state index contributed by atoms with van der Waals surface area (Å²) in [5.41, 5.74) is 5.85. The Morgan fingerprint density at radius 2 is 1.60 bits per heavy atom. The Balaban J connectivity index is 1.39. The predicted molar refractivity (Wildman–Crippen MR) is 163 cm³/mol. The Morgan fingerprint density at radius 1 is 0.857 bits per heavy atom. The molecule has 224 valence electrons. The third-order valence-electron chi connectivity index (χ3n) is 7.13. The number of aliphatic carboxylic acids is 1. The van der Waals surface area contributed by atoms with Crippen molar-refractivity contribution in [3.05, 3.63) is 95.1 Å². The minimum atomic E-state index is -0.842. The second-order valence-corrected chi connectivity index (χ2v) is 11.5. The summed E-state index contributed by atoms with van der Waals surface area (Å²) in [5, 5.41) is 30.3. The lowest BCUT2D eigenvalue weighted by Crippen LogP contribution is -2.31. The van der Waals surface area contributed by atoms with E-state index in [1.807, 2.05) is 72.8 Å². The first-order valence-corrected chi connectivity index (χ1v) is 15.5. The number of thioether (sulfide) groups is 1. The fourth-order valence-corrected chi connectivity index (χ4v) is 5.62. The van der Waals surface area contributed by atoms with E-state index in [4.69, 9.17) is 14.6 Å². The van der Waals surface area contributed by atoms with Crippen molar-refractivity contribution in [3.8, 4) is 11.1 Å². The van der Waals surface area contributed by atoms with Crippen molar-refractivity contribution in [2.75, 3.05) is 18.1 Å². The number of carboxylic acids is 1. The van der Waals surface area contributed by atoms with Gasteiger partial charge in [0.05, 0.1) is 25.4 Å². The monoisotopic (exact) mass is 593 g/mol. The van der Waals surface area contributed by atoms with Gasteiger partial charge in [-0.3, -0.25) is 9.59 Å². The first kappa shape index (κ1) is 31.7. The minimum Gasteiger partial charge on any atom is -0.481 e. The smallest absolute Gasteiger partial charge is 0.303 e. The van der Waals surface area contributed by atoms with Crippen LogP contribution in [0.3, 0.4) is 0 Å². The zero-order valence-corrected chi connectivity index (χ0v) is 24.4. The second-order valence-electron chi connectivity index (χ2n) is 10.3. The molecule has 0 bridgehead atoms. The van der Waals surface area contributed by atoms with Crippen molar-refractivity contribution in [2.24, 2.45) is 0 Å². The van der Waals surface area contributed by atoms with Crippen LogP contribution in [-0.4, -0.2) is 51.4 Å². The Hall–Kier alpha value is -3.21. The molecule has 3 atom stereocenters. The third kappa shape index (κ3) is 9.68. The normalized spacial score (nSPS) is 18.5. The fraction of sp³-hybridized carbons (Fsp3) is 0.394. The number of hydrogen-bond acceptors (Lipinski definition) is 7. The highest BCUT2D eigenvalue weighted by molar-refractivity contribution is 7.99. The van der Waals surface area contributed by atoms with E-state index in [9.17, 15) is 19.8 Å². The molecule has 3 unspecified atom stereocenters. The number of unbranched alkanes of at least 4 members (excludes halogenated alkanes) is 1. The average Bonchev–Trinajstić information content (AvgIpc) is 3.02. The molecular weight excluding hydrogens is 554 g/mol. The van der Waals surface area contributed by atoms with Crippen LogP contribution in [0.25, 0.3) is 11.1 Å². The number of rotatable bonds is 15. The summed E-state index contributed by atoms with van der Waals surface area (Å²) in [5.74, 6) is 0.491. The number of aliphatic hydroxyl groups excluding tert-OH is 2. The van der Waals surface area contributed by atoms with Crippen LogP contribution < -0.4 is 5.32 Å². The van der Waals surface area contributed by atoms with Crippen molar-refractivity contribution in [3.63, 3.8) is 0 Å². The van der Waals surface area contributed by atoms with Gasteiger partial charge in [0.1, 0.15) is 0 Å². The molecule has 0 spiro atoms. The first-order chi connectivity index (χ1) is 20.4. The molecule has 3 aromatic carbocycles. The van der Waals surface area contributed by atoms with Gasteiger partial charge in [-0.2, -0.15) is 11.8 Å². The zero-order valence-electron chi connectivity index (χ0n) is 23.6. The van der Waals surface area contributed by atoms with Crippen LogP contribution in [0.5, 0.6) is 0 Å². The number of ether oxygens (including phenoxy) is 2. The number of nitrogens with one attached hydrogen (secondary N) is 1. The van der Waals surface area contributed by atoms with Gasteiger partial charge in [0.2, 0.25) is 5.91 Å². The van der Waals surface area contributed by atoms with Gasteiger partial charge in [0.25, 0.3) is 0 Å². The molecule has 4 rings (SSSR count). The minimum absolute atomic E-state index is 0.00194. The molecule has 0 radical (unpaired) electrons. The van der Waals surface area contributed by atoms with Crippen LogP contribution in [-0.2, 0) is 32.2 Å². The summed E-state index contributed by atoms with van der Waals surface area (Å²) < 4.78 is 12.8. The molecule has 1 fully saturated rings. The maximum atomic E-state index is 12.1. The molecule has 1 amide bonds.